The highest BCUT2D eigenvalue weighted by atomic mass is 15.2. The van der Waals surface area contributed by atoms with Crippen LogP contribution in [0, 0.1) is 0 Å². The number of nitrogens with two attached hydrogens (primary N) is 1. The van der Waals surface area contributed by atoms with Gasteiger partial charge < -0.3 is 16.0 Å². The van der Waals surface area contributed by atoms with Crippen molar-refractivity contribution in [1.29, 1.82) is 0 Å². The highest BCUT2D eigenvalue weighted by Crippen LogP contribution is 2.33. The monoisotopic (exact) mass is 365 g/mol. The molecule has 4 rings (SSSR count). The summed E-state index contributed by atoms with van der Waals surface area (Å²) in [6, 6.07) is 10.6. The first-order chi connectivity index (χ1) is 13.1. The first-order valence-corrected chi connectivity index (χ1v) is 9.42. The minimum absolute atomic E-state index is 0.536. The van der Waals surface area contributed by atoms with Gasteiger partial charge in [0.2, 0.25) is 0 Å². The molecule has 142 valence electrons. The standard InChI is InChI=1S/C20H27N7/c1-26(2)11-9-22-20-17-15-13-27(12-14-6-4-3-5-7-14)10-8-16(15)23-19(21)18(17)24-25-20/h3-7H,8-13H2,1-2H3,(H2,21,23)(H2,22,24,25). The Kier molecular flexibility index (Phi) is 4.96. The van der Waals surface area contributed by atoms with Gasteiger partial charge in [0.1, 0.15) is 11.3 Å². The Labute approximate surface area is 159 Å². The topological polar surface area (TPSA) is 86.1 Å². The summed E-state index contributed by atoms with van der Waals surface area (Å²) in [4.78, 5) is 9.26. The van der Waals surface area contributed by atoms with Crippen molar-refractivity contribution in [2.24, 2.45) is 0 Å². The molecule has 7 heteroatoms. The van der Waals surface area contributed by atoms with Crippen molar-refractivity contribution < 1.29 is 0 Å². The van der Waals surface area contributed by atoms with Crippen LogP contribution in [0.1, 0.15) is 16.8 Å². The summed E-state index contributed by atoms with van der Waals surface area (Å²) in [6.45, 7) is 4.55. The third kappa shape index (κ3) is 3.74. The van der Waals surface area contributed by atoms with E-state index in [4.69, 9.17) is 5.73 Å². The normalized spacial score (nSPS) is 14.6. The summed E-state index contributed by atoms with van der Waals surface area (Å²) in [6.07, 6.45) is 0.907. The van der Waals surface area contributed by atoms with Crippen molar-refractivity contribution in [3.63, 3.8) is 0 Å². The van der Waals surface area contributed by atoms with E-state index in [1.165, 1.54) is 11.1 Å². The zero-order chi connectivity index (χ0) is 18.8. The number of anilines is 2. The lowest BCUT2D eigenvalue weighted by atomic mass is 10.0. The predicted molar refractivity (Wildman–Crippen MR) is 110 cm³/mol. The summed E-state index contributed by atoms with van der Waals surface area (Å²) in [5.74, 6) is 1.41. The van der Waals surface area contributed by atoms with Gasteiger partial charge >= 0.3 is 0 Å². The number of nitrogens with one attached hydrogen (secondary N) is 2. The number of aromatic amines is 1. The van der Waals surface area contributed by atoms with Gasteiger partial charge in [-0.1, -0.05) is 30.3 Å². The maximum absolute atomic E-state index is 6.20. The fourth-order valence-corrected chi connectivity index (χ4v) is 3.68. The summed E-state index contributed by atoms with van der Waals surface area (Å²) in [5, 5.41) is 12.1. The smallest absolute Gasteiger partial charge is 0.156 e. The number of aromatic nitrogens is 3. The molecular formula is C20H27N7. The minimum atomic E-state index is 0.536. The van der Waals surface area contributed by atoms with E-state index >= 15 is 0 Å². The summed E-state index contributed by atoms with van der Waals surface area (Å²) in [7, 11) is 4.13. The number of rotatable bonds is 6. The number of fused-ring (bicyclic) bond motifs is 3. The molecule has 3 aromatic rings. The molecule has 0 saturated heterocycles. The fourth-order valence-electron chi connectivity index (χ4n) is 3.68. The van der Waals surface area contributed by atoms with E-state index in [1.54, 1.807) is 0 Å². The molecule has 1 aliphatic heterocycles. The molecule has 1 aliphatic rings. The number of hydrogen-bond acceptors (Lipinski definition) is 6. The van der Waals surface area contributed by atoms with E-state index in [-0.39, 0.29) is 0 Å². The van der Waals surface area contributed by atoms with Crippen molar-refractivity contribution >= 4 is 22.5 Å². The van der Waals surface area contributed by atoms with Crippen molar-refractivity contribution in [3.8, 4) is 0 Å². The molecule has 0 bridgehead atoms. The van der Waals surface area contributed by atoms with Gasteiger partial charge in [0.15, 0.2) is 5.82 Å². The lowest BCUT2D eigenvalue weighted by Crippen LogP contribution is -2.31. The Hall–Kier alpha value is -2.64. The van der Waals surface area contributed by atoms with Crippen molar-refractivity contribution in [3.05, 3.63) is 47.2 Å². The van der Waals surface area contributed by atoms with Gasteiger partial charge in [0.05, 0.1) is 5.39 Å². The molecule has 2 aromatic heterocycles. The third-order valence-corrected chi connectivity index (χ3v) is 5.08. The Morgan fingerprint density at radius 2 is 2.07 bits per heavy atom. The minimum Gasteiger partial charge on any atom is -0.382 e. The van der Waals surface area contributed by atoms with Crippen LogP contribution in [0.3, 0.4) is 0 Å². The van der Waals surface area contributed by atoms with Gasteiger partial charge in [0, 0.05) is 50.4 Å². The molecular weight excluding hydrogens is 338 g/mol. The number of benzene rings is 1. The van der Waals surface area contributed by atoms with Crippen LogP contribution in [-0.2, 0) is 19.5 Å². The molecule has 0 fully saturated rings. The van der Waals surface area contributed by atoms with E-state index < -0.39 is 0 Å². The van der Waals surface area contributed by atoms with Crippen LogP contribution >= 0.6 is 0 Å². The lowest BCUT2D eigenvalue weighted by molar-refractivity contribution is 0.245. The molecule has 4 N–H and O–H groups in total. The maximum atomic E-state index is 6.20. The fraction of sp³-hybridized carbons (Fsp3) is 0.400. The largest absolute Gasteiger partial charge is 0.382 e. The molecule has 0 amide bonds. The van der Waals surface area contributed by atoms with Crippen LogP contribution < -0.4 is 11.1 Å². The van der Waals surface area contributed by atoms with Crippen molar-refractivity contribution in [1.82, 2.24) is 25.0 Å². The molecule has 0 unspecified atom stereocenters. The lowest BCUT2D eigenvalue weighted by Gasteiger charge is -2.29. The first-order valence-electron chi connectivity index (χ1n) is 9.42. The number of nitrogen functional groups attached to an aromatic ring is 1. The molecule has 0 spiro atoms. The number of hydrogen-bond donors (Lipinski definition) is 3. The molecule has 27 heavy (non-hydrogen) atoms. The van der Waals surface area contributed by atoms with E-state index in [0.29, 0.717) is 5.82 Å². The van der Waals surface area contributed by atoms with E-state index in [0.717, 1.165) is 61.6 Å². The molecule has 3 heterocycles. The molecule has 0 aliphatic carbocycles. The first kappa shape index (κ1) is 17.8. The number of nitrogens with zero attached hydrogens (tertiary/aromatic N) is 4. The zero-order valence-corrected chi connectivity index (χ0v) is 16.0. The van der Waals surface area contributed by atoms with E-state index in [1.807, 2.05) is 0 Å². The zero-order valence-electron chi connectivity index (χ0n) is 16.0. The van der Waals surface area contributed by atoms with Crippen LogP contribution in [0.25, 0.3) is 10.9 Å². The Morgan fingerprint density at radius 1 is 1.26 bits per heavy atom. The van der Waals surface area contributed by atoms with Gasteiger partial charge in [-0.25, -0.2) is 4.98 Å². The second-order valence-corrected chi connectivity index (χ2v) is 7.42. The van der Waals surface area contributed by atoms with Gasteiger partial charge in [-0.3, -0.25) is 10.00 Å². The maximum Gasteiger partial charge on any atom is 0.156 e. The number of H-pyrrole nitrogens is 1. The predicted octanol–water partition coefficient (Wildman–Crippen LogP) is 2.07. The highest BCUT2D eigenvalue weighted by molar-refractivity contribution is 5.98. The van der Waals surface area contributed by atoms with Crippen molar-refractivity contribution in [2.75, 3.05) is 44.8 Å². The third-order valence-electron chi connectivity index (χ3n) is 5.08. The second-order valence-electron chi connectivity index (χ2n) is 7.42. The van der Waals surface area contributed by atoms with Crippen LogP contribution in [0.15, 0.2) is 30.3 Å². The van der Waals surface area contributed by atoms with Crippen LogP contribution in [0.5, 0.6) is 0 Å². The van der Waals surface area contributed by atoms with E-state index in [2.05, 4.69) is 74.7 Å². The number of likely N-dealkylation sites (N-methyl/N-ethyl adjacent to an activating group) is 1. The van der Waals surface area contributed by atoms with Crippen LogP contribution in [0.2, 0.25) is 0 Å². The van der Waals surface area contributed by atoms with Crippen molar-refractivity contribution in [2.45, 2.75) is 19.5 Å². The summed E-state index contributed by atoms with van der Waals surface area (Å²) >= 11 is 0. The Morgan fingerprint density at radius 3 is 2.85 bits per heavy atom. The number of pyridine rings is 1. The average molecular weight is 365 g/mol. The molecule has 0 saturated carbocycles. The summed E-state index contributed by atoms with van der Waals surface area (Å²) in [5.41, 5.74) is 10.7. The molecule has 0 radical (unpaired) electrons. The molecule has 1 aromatic carbocycles. The van der Waals surface area contributed by atoms with Crippen LogP contribution in [-0.4, -0.2) is 58.7 Å². The van der Waals surface area contributed by atoms with Crippen LogP contribution in [0.4, 0.5) is 11.6 Å². The SMILES string of the molecule is CN(C)CCNc1n[nH]c2c(N)nc3c(c12)CN(Cc1ccccc1)CC3. The average Bonchev–Trinajstić information content (AvgIpc) is 3.08. The second kappa shape index (κ2) is 7.54. The van der Waals surface area contributed by atoms with Gasteiger partial charge in [-0.05, 0) is 19.7 Å². The van der Waals surface area contributed by atoms with Gasteiger partial charge in [0.25, 0.3) is 0 Å². The molecule has 0 atom stereocenters. The Bertz CT molecular complexity index is 917. The quantitative estimate of drug-likeness (QED) is 0.620. The highest BCUT2D eigenvalue weighted by Gasteiger charge is 2.24. The molecule has 7 nitrogen and oxygen atoms in total. The summed E-state index contributed by atoms with van der Waals surface area (Å²) < 4.78 is 0. The van der Waals surface area contributed by atoms with E-state index in [9.17, 15) is 0 Å². The Balaban J connectivity index is 1.63. The van der Waals surface area contributed by atoms with Gasteiger partial charge in [-0.15, -0.1) is 0 Å². The van der Waals surface area contributed by atoms with Gasteiger partial charge in [-0.2, -0.15) is 5.10 Å².